The lowest BCUT2D eigenvalue weighted by Crippen LogP contribution is -2.26. The lowest BCUT2D eigenvalue weighted by atomic mass is 9.81. The lowest BCUT2D eigenvalue weighted by Gasteiger charge is -2.27. The molecule has 6 nitrogen and oxygen atoms in total. The van der Waals surface area contributed by atoms with E-state index in [-0.39, 0.29) is 17.0 Å². The van der Waals surface area contributed by atoms with Gasteiger partial charge in [-0.15, -0.1) is 0 Å². The molecule has 1 unspecified atom stereocenters. The molecule has 0 radical (unpaired) electrons. The highest BCUT2D eigenvalue weighted by atomic mass is 16.5. The molecule has 140 valence electrons. The second-order valence-corrected chi connectivity index (χ2v) is 6.73. The van der Waals surface area contributed by atoms with Crippen molar-refractivity contribution in [1.29, 1.82) is 5.26 Å². The Hall–Kier alpha value is -3.72. The zero-order chi connectivity index (χ0) is 20.0. The molecule has 1 aliphatic rings. The average Bonchev–Trinajstić information content (AvgIpc) is 2.68. The van der Waals surface area contributed by atoms with Gasteiger partial charge in [0.25, 0.3) is 0 Å². The van der Waals surface area contributed by atoms with E-state index in [0.717, 1.165) is 22.4 Å². The fourth-order valence-electron chi connectivity index (χ4n) is 3.72. The number of benzene rings is 2. The topological polar surface area (TPSA) is 98.5 Å². The normalized spacial score (nSPS) is 15.7. The summed E-state index contributed by atoms with van der Waals surface area (Å²) in [5, 5.41) is 10.4. The Morgan fingerprint density at radius 1 is 1.18 bits per heavy atom. The van der Waals surface area contributed by atoms with Crippen LogP contribution in [-0.2, 0) is 0 Å². The number of hydrogen-bond donors (Lipinski definition) is 1. The summed E-state index contributed by atoms with van der Waals surface area (Å²) in [6.45, 7) is 3.81. The molecule has 6 heteroatoms. The molecule has 2 aromatic carbocycles. The number of para-hydroxylation sites is 1. The van der Waals surface area contributed by atoms with Crippen LogP contribution in [0, 0.1) is 25.2 Å². The third kappa shape index (κ3) is 2.52. The number of ether oxygens (including phenoxy) is 2. The maximum Gasteiger partial charge on any atom is 0.344 e. The summed E-state index contributed by atoms with van der Waals surface area (Å²) >= 11 is 0. The average molecular weight is 374 g/mol. The van der Waals surface area contributed by atoms with E-state index in [2.05, 4.69) is 6.07 Å². The molecule has 1 atom stereocenters. The fraction of sp³-hybridized carbons (Fsp3) is 0.182. The van der Waals surface area contributed by atoms with Crippen molar-refractivity contribution in [2.75, 3.05) is 7.11 Å². The third-order valence-electron chi connectivity index (χ3n) is 5.07. The number of fused-ring (bicyclic) bond motifs is 3. The maximum atomic E-state index is 12.9. The summed E-state index contributed by atoms with van der Waals surface area (Å²) in [6, 6.07) is 13.0. The van der Waals surface area contributed by atoms with Crippen LogP contribution in [0.2, 0.25) is 0 Å². The van der Waals surface area contributed by atoms with Gasteiger partial charge >= 0.3 is 5.63 Å². The van der Waals surface area contributed by atoms with Gasteiger partial charge in [0, 0.05) is 0 Å². The van der Waals surface area contributed by atoms with Crippen molar-refractivity contribution in [1.82, 2.24) is 0 Å². The summed E-state index contributed by atoms with van der Waals surface area (Å²) < 4.78 is 16.7. The molecule has 0 amide bonds. The van der Waals surface area contributed by atoms with Gasteiger partial charge in [-0.25, -0.2) is 4.79 Å². The van der Waals surface area contributed by atoms with Gasteiger partial charge in [0.2, 0.25) is 5.88 Å². The van der Waals surface area contributed by atoms with Gasteiger partial charge in [-0.2, -0.15) is 5.26 Å². The first-order valence-corrected chi connectivity index (χ1v) is 8.74. The molecule has 0 bridgehead atoms. The second-order valence-electron chi connectivity index (χ2n) is 6.73. The van der Waals surface area contributed by atoms with Crippen molar-refractivity contribution in [3.63, 3.8) is 0 Å². The number of nitrogens with zero attached hydrogens (tertiary/aromatic N) is 1. The summed E-state index contributed by atoms with van der Waals surface area (Å²) in [6.07, 6.45) is 0. The van der Waals surface area contributed by atoms with E-state index < -0.39 is 11.5 Å². The van der Waals surface area contributed by atoms with Crippen LogP contribution in [0.5, 0.6) is 11.5 Å². The Kier molecular flexibility index (Phi) is 4.08. The van der Waals surface area contributed by atoms with Gasteiger partial charge in [-0.1, -0.05) is 18.2 Å². The molecule has 0 aliphatic carbocycles. The smallest absolute Gasteiger partial charge is 0.344 e. The Balaban J connectivity index is 2.09. The molecule has 2 N–H and O–H groups in total. The number of nitrogens with two attached hydrogens (primary N) is 1. The number of nitriles is 1. The molecule has 0 saturated carbocycles. The monoisotopic (exact) mass is 374 g/mol. The lowest BCUT2D eigenvalue weighted by molar-refractivity contribution is 0.387. The van der Waals surface area contributed by atoms with Crippen LogP contribution in [0.4, 0.5) is 0 Å². The van der Waals surface area contributed by atoms with Gasteiger partial charge in [-0.05, 0) is 48.7 Å². The van der Waals surface area contributed by atoms with E-state index >= 15 is 0 Å². The Morgan fingerprint density at radius 3 is 2.64 bits per heavy atom. The molecule has 28 heavy (non-hydrogen) atoms. The zero-order valence-electron chi connectivity index (χ0n) is 15.7. The molecule has 0 saturated heterocycles. The minimum atomic E-state index is -0.681. The zero-order valence-corrected chi connectivity index (χ0v) is 15.7. The van der Waals surface area contributed by atoms with Crippen LogP contribution >= 0.6 is 0 Å². The van der Waals surface area contributed by atoms with E-state index in [0.29, 0.717) is 16.7 Å². The predicted molar refractivity (Wildman–Crippen MR) is 104 cm³/mol. The molecule has 0 fully saturated rings. The quantitative estimate of drug-likeness (QED) is 0.688. The SMILES string of the molecule is COc1cc(C)c(C2C(C#N)=C(N)Oc3c2c(=O)oc2ccccc32)cc1C. The molecular formula is C22H18N2O4. The summed E-state index contributed by atoms with van der Waals surface area (Å²) in [4.78, 5) is 12.9. The minimum Gasteiger partial charge on any atom is -0.496 e. The molecule has 0 spiro atoms. The van der Waals surface area contributed by atoms with Crippen LogP contribution in [0.1, 0.15) is 28.2 Å². The fourth-order valence-corrected chi connectivity index (χ4v) is 3.72. The van der Waals surface area contributed by atoms with Crippen LogP contribution < -0.4 is 20.8 Å². The van der Waals surface area contributed by atoms with Gasteiger partial charge in [0.05, 0.1) is 24.0 Å². The molecule has 1 aliphatic heterocycles. The number of allylic oxidation sites excluding steroid dienone is 1. The van der Waals surface area contributed by atoms with Crippen LogP contribution in [0.3, 0.4) is 0 Å². The highest BCUT2D eigenvalue weighted by Crippen LogP contribution is 2.45. The van der Waals surface area contributed by atoms with Gasteiger partial charge < -0.3 is 19.6 Å². The first kappa shape index (κ1) is 17.7. The molecule has 1 aromatic heterocycles. The molecular weight excluding hydrogens is 356 g/mol. The highest BCUT2D eigenvalue weighted by Gasteiger charge is 2.36. The standard InChI is InChI=1S/C22H18N2O4/c1-11-9-17(26-3)12(2)8-14(11)18-15(10-23)21(24)28-20-13-6-4-5-7-16(13)27-22(25)19(18)20/h4-9,18H,24H2,1-3H3. The van der Waals surface area contributed by atoms with E-state index in [9.17, 15) is 10.1 Å². The highest BCUT2D eigenvalue weighted by molar-refractivity contribution is 5.86. The first-order chi connectivity index (χ1) is 13.5. The van der Waals surface area contributed by atoms with Crippen molar-refractivity contribution in [3.8, 4) is 17.6 Å². The van der Waals surface area contributed by atoms with Gasteiger partial charge in [-0.3, -0.25) is 0 Å². The first-order valence-electron chi connectivity index (χ1n) is 8.74. The summed E-state index contributed by atoms with van der Waals surface area (Å²) in [7, 11) is 1.60. The largest absolute Gasteiger partial charge is 0.496 e. The Morgan fingerprint density at radius 2 is 1.93 bits per heavy atom. The van der Waals surface area contributed by atoms with E-state index in [1.807, 2.05) is 32.0 Å². The van der Waals surface area contributed by atoms with E-state index in [1.165, 1.54) is 0 Å². The molecule has 2 heterocycles. The van der Waals surface area contributed by atoms with Crippen LogP contribution in [0.15, 0.2) is 57.1 Å². The summed E-state index contributed by atoms with van der Waals surface area (Å²) in [5.74, 6) is 0.374. The van der Waals surface area contributed by atoms with Crippen molar-refractivity contribution in [2.45, 2.75) is 19.8 Å². The second kappa shape index (κ2) is 6.46. The predicted octanol–water partition coefficient (Wildman–Crippen LogP) is 3.64. The van der Waals surface area contributed by atoms with Gasteiger partial charge in [0.15, 0.2) is 5.75 Å². The van der Waals surface area contributed by atoms with Crippen molar-refractivity contribution < 1.29 is 13.9 Å². The number of hydrogen-bond acceptors (Lipinski definition) is 6. The Bertz CT molecular complexity index is 1250. The van der Waals surface area contributed by atoms with Crippen molar-refractivity contribution in [3.05, 3.63) is 80.5 Å². The number of rotatable bonds is 2. The summed E-state index contributed by atoms with van der Waals surface area (Å²) in [5.41, 5.74) is 8.94. The van der Waals surface area contributed by atoms with Crippen molar-refractivity contribution in [2.24, 2.45) is 5.73 Å². The molecule has 4 rings (SSSR count). The van der Waals surface area contributed by atoms with Crippen LogP contribution in [0.25, 0.3) is 11.0 Å². The van der Waals surface area contributed by atoms with Crippen molar-refractivity contribution >= 4 is 11.0 Å². The van der Waals surface area contributed by atoms with E-state index in [1.54, 1.807) is 25.3 Å². The molecule has 3 aromatic rings. The van der Waals surface area contributed by atoms with E-state index in [4.69, 9.17) is 19.6 Å². The van der Waals surface area contributed by atoms with Gasteiger partial charge in [0.1, 0.15) is 23.0 Å². The number of aryl methyl sites for hydroxylation is 2. The third-order valence-corrected chi connectivity index (χ3v) is 5.07. The maximum absolute atomic E-state index is 12.9. The number of methoxy groups -OCH3 is 1. The Labute approximate surface area is 161 Å². The minimum absolute atomic E-state index is 0.0105. The van der Waals surface area contributed by atoms with Crippen LogP contribution in [-0.4, -0.2) is 7.11 Å².